The van der Waals surface area contributed by atoms with Gasteiger partial charge in [-0.3, -0.25) is 0 Å². The molecular weight excluding hydrogens is 715 g/mol. The lowest BCUT2D eigenvalue weighted by Crippen LogP contribution is -2.03. The molecule has 2 aromatic heterocycles. The van der Waals surface area contributed by atoms with Crippen LogP contribution in [0.1, 0.15) is 78.1 Å². The highest BCUT2D eigenvalue weighted by Crippen LogP contribution is 2.44. The second-order valence-electron chi connectivity index (χ2n) is 16.0. The Hall–Kier alpha value is -7.15. The van der Waals surface area contributed by atoms with Gasteiger partial charge in [0.1, 0.15) is 0 Å². The van der Waals surface area contributed by atoms with Gasteiger partial charge in [0.2, 0.25) is 0 Å². The van der Waals surface area contributed by atoms with Crippen LogP contribution >= 0.6 is 0 Å². The van der Waals surface area contributed by atoms with Gasteiger partial charge in [0, 0.05) is 28.0 Å². The molecule has 280 valence electrons. The summed E-state index contributed by atoms with van der Waals surface area (Å²) < 4.78 is 0. The zero-order valence-electron chi connectivity index (χ0n) is 32.8. The lowest BCUT2D eigenvalue weighted by atomic mass is 9.83. The van der Waals surface area contributed by atoms with E-state index in [4.69, 9.17) is 9.97 Å². The highest BCUT2D eigenvalue weighted by Gasteiger charge is 2.22. The topological polar surface area (TPSA) is 49.6 Å². The number of pyridine rings is 2. The van der Waals surface area contributed by atoms with E-state index < -0.39 is 0 Å². The van der Waals surface area contributed by atoms with Crippen molar-refractivity contribution < 1.29 is 0 Å². The molecule has 3 nitrogen and oxygen atoms in total. The van der Waals surface area contributed by atoms with Crippen LogP contribution in [-0.4, -0.2) is 9.97 Å². The largest absolute Gasteiger partial charge is 0.250 e. The minimum Gasteiger partial charge on any atom is -0.250 e. The van der Waals surface area contributed by atoms with Crippen molar-refractivity contribution in [2.45, 2.75) is 44.4 Å². The molecule has 0 aliphatic heterocycles. The molecule has 8 aromatic rings. The molecule has 0 fully saturated rings. The first-order valence-electron chi connectivity index (χ1n) is 21.0. The van der Waals surface area contributed by atoms with Gasteiger partial charge in [-0.15, -0.1) is 0 Å². The lowest BCUT2D eigenvalue weighted by Gasteiger charge is -2.21. The Morgan fingerprint density at radius 1 is 0.475 bits per heavy atom. The van der Waals surface area contributed by atoms with Gasteiger partial charge in [-0.1, -0.05) is 158 Å². The Balaban J connectivity index is 1.01. The van der Waals surface area contributed by atoms with Crippen LogP contribution in [0.25, 0.3) is 76.8 Å². The number of aromatic nitrogens is 2. The van der Waals surface area contributed by atoms with Crippen molar-refractivity contribution in [1.29, 1.82) is 5.26 Å². The minimum absolute atomic E-state index is 0.363. The molecule has 3 aliphatic rings. The number of nitriles is 1. The van der Waals surface area contributed by atoms with E-state index >= 15 is 0 Å². The molecule has 2 heterocycles. The van der Waals surface area contributed by atoms with Crippen molar-refractivity contribution in [2.24, 2.45) is 0 Å². The summed E-state index contributed by atoms with van der Waals surface area (Å²) in [7, 11) is 0. The first-order chi connectivity index (χ1) is 29.2. The monoisotopic (exact) mass is 755 g/mol. The molecule has 0 spiro atoms. The maximum atomic E-state index is 9.98. The summed E-state index contributed by atoms with van der Waals surface area (Å²) in [5.74, 6) is 0.363. The molecule has 3 heteroatoms. The van der Waals surface area contributed by atoms with E-state index in [9.17, 15) is 5.26 Å². The van der Waals surface area contributed by atoms with Crippen LogP contribution in [0.5, 0.6) is 0 Å². The molecule has 0 saturated carbocycles. The number of hydrogen-bond acceptors (Lipinski definition) is 3. The quantitative estimate of drug-likeness (QED) is 0.130. The average molecular weight is 756 g/mol. The first kappa shape index (κ1) is 35.0. The summed E-state index contributed by atoms with van der Waals surface area (Å²) in [6, 6.07) is 50.8. The highest BCUT2D eigenvalue weighted by molar-refractivity contribution is 6.16. The Morgan fingerprint density at radius 2 is 1.05 bits per heavy atom. The van der Waals surface area contributed by atoms with Gasteiger partial charge in [-0.05, 0) is 117 Å². The molecule has 0 saturated heterocycles. The lowest BCUT2D eigenvalue weighted by molar-refractivity contribution is 0.643. The zero-order chi connectivity index (χ0) is 39.3. The Kier molecular flexibility index (Phi) is 8.71. The standard InChI is InChI=1S/C56H41N3/c57-35-39-15-12-24-46(41-17-5-4-16-40(39)41)48-29-31-50(44-20-8-6-18-42(44)48)51-32-30-49(43-19-7-9-21-45(43)51)47-22-10-11-23-52(47)54-34-28-38-26-25-37-27-33-53(36-13-2-1-3-14-36)58-55(37)56(38)59-54/h2,4-9,13,15-34,36H,1,3,10-12,14H2. The third-order valence-corrected chi connectivity index (χ3v) is 12.6. The van der Waals surface area contributed by atoms with Crippen LogP contribution < -0.4 is 0 Å². The summed E-state index contributed by atoms with van der Waals surface area (Å²) in [5.41, 5.74) is 15.3. The molecule has 3 aliphatic carbocycles. The SMILES string of the molecule is N#CC1=CCC=C(c2ccc(-c3ccc(C4=CCCC=C4c4ccc5ccc6ccc(C7C=CCCC7)nc6c5n4)c4ccccc34)c3ccccc23)c2ccccc21. The minimum atomic E-state index is 0.363. The number of rotatable bonds is 5. The fourth-order valence-corrected chi connectivity index (χ4v) is 9.74. The average Bonchev–Trinajstić information content (AvgIpc) is 3.50. The van der Waals surface area contributed by atoms with Gasteiger partial charge < -0.3 is 0 Å². The van der Waals surface area contributed by atoms with Crippen LogP contribution in [0, 0.1) is 11.3 Å². The van der Waals surface area contributed by atoms with Crippen LogP contribution in [0.4, 0.5) is 0 Å². The van der Waals surface area contributed by atoms with E-state index in [2.05, 4.69) is 164 Å². The van der Waals surface area contributed by atoms with Crippen molar-refractivity contribution in [3.8, 4) is 17.2 Å². The molecule has 1 atom stereocenters. The van der Waals surface area contributed by atoms with Crippen LogP contribution in [0.3, 0.4) is 0 Å². The fraction of sp³-hybridized carbons (Fsp3) is 0.125. The molecule has 0 N–H and O–H groups in total. The van der Waals surface area contributed by atoms with Crippen molar-refractivity contribution in [3.63, 3.8) is 0 Å². The van der Waals surface area contributed by atoms with Crippen molar-refractivity contribution >= 4 is 65.6 Å². The summed E-state index contributed by atoms with van der Waals surface area (Å²) in [4.78, 5) is 10.7. The summed E-state index contributed by atoms with van der Waals surface area (Å²) in [6.07, 6.45) is 19.9. The Bertz CT molecular complexity index is 3240. The van der Waals surface area contributed by atoms with E-state index in [1.54, 1.807) is 0 Å². The van der Waals surface area contributed by atoms with Crippen molar-refractivity contribution in [1.82, 2.24) is 9.97 Å². The van der Waals surface area contributed by atoms with Crippen molar-refractivity contribution in [3.05, 3.63) is 204 Å². The molecule has 59 heavy (non-hydrogen) atoms. The number of allylic oxidation sites excluding steroid dienone is 9. The van der Waals surface area contributed by atoms with Crippen LogP contribution in [-0.2, 0) is 0 Å². The van der Waals surface area contributed by atoms with E-state index in [1.807, 2.05) is 12.1 Å². The zero-order valence-corrected chi connectivity index (χ0v) is 32.8. The fourth-order valence-electron chi connectivity index (χ4n) is 9.74. The third-order valence-electron chi connectivity index (χ3n) is 12.6. The normalized spacial score (nSPS) is 16.6. The van der Waals surface area contributed by atoms with Gasteiger partial charge in [0.15, 0.2) is 0 Å². The van der Waals surface area contributed by atoms with Gasteiger partial charge in [-0.25, -0.2) is 9.97 Å². The van der Waals surface area contributed by atoms with Gasteiger partial charge in [0.25, 0.3) is 0 Å². The molecule has 0 bridgehead atoms. The summed E-state index contributed by atoms with van der Waals surface area (Å²) in [6.45, 7) is 0. The third kappa shape index (κ3) is 6.03. The smallest absolute Gasteiger partial charge is 0.0994 e. The number of nitrogens with zero attached hydrogens (tertiary/aromatic N) is 3. The van der Waals surface area contributed by atoms with Crippen LogP contribution in [0.2, 0.25) is 0 Å². The molecular formula is C56H41N3. The van der Waals surface area contributed by atoms with Gasteiger partial charge in [0.05, 0.1) is 28.4 Å². The highest BCUT2D eigenvalue weighted by atomic mass is 14.8. The molecule has 6 aromatic carbocycles. The van der Waals surface area contributed by atoms with Crippen molar-refractivity contribution in [2.75, 3.05) is 0 Å². The second-order valence-corrected chi connectivity index (χ2v) is 16.0. The van der Waals surface area contributed by atoms with Gasteiger partial charge in [-0.2, -0.15) is 5.26 Å². The van der Waals surface area contributed by atoms with E-state index in [0.29, 0.717) is 12.3 Å². The number of hydrogen-bond donors (Lipinski definition) is 0. The maximum absolute atomic E-state index is 9.98. The summed E-state index contributed by atoms with van der Waals surface area (Å²) in [5, 5.41) is 17.1. The van der Waals surface area contributed by atoms with Gasteiger partial charge >= 0.3 is 0 Å². The van der Waals surface area contributed by atoms with E-state index in [-0.39, 0.29) is 0 Å². The number of fused-ring (bicyclic) bond motifs is 6. The number of benzene rings is 6. The van der Waals surface area contributed by atoms with E-state index in [0.717, 1.165) is 75.6 Å². The Morgan fingerprint density at radius 3 is 1.73 bits per heavy atom. The molecule has 0 amide bonds. The van der Waals surface area contributed by atoms with Crippen LogP contribution in [0.15, 0.2) is 170 Å². The second kappa shape index (κ2) is 14.7. The maximum Gasteiger partial charge on any atom is 0.0994 e. The van der Waals surface area contributed by atoms with E-state index in [1.165, 1.54) is 66.9 Å². The molecule has 11 rings (SSSR count). The first-order valence-corrected chi connectivity index (χ1v) is 21.0. The molecule has 0 radical (unpaired) electrons. The Labute approximate surface area is 344 Å². The molecule has 1 unspecified atom stereocenters. The predicted octanol–water partition coefficient (Wildman–Crippen LogP) is 14.6. The summed E-state index contributed by atoms with van der Waals surface area (Å²) >= 11 is 0. The predicted molar refractivity (Wildman–Crippen MR) is 247 cm³/mol.